The third-order valence-corrected chi connectivity index (χ3v) is 9.14. The Morgan fingerprint density at radius 3 is 2.49 bits per heavy atom. The van der Waals surface area contributed by atoms with Crippen LogP contribution in [0.5, 0.6) is 11.8 Å². The zero-order chi connectivity index (χ0) is 33.3. The normalized spacial score (nSPS) is 19.7. The lowest BCUT2D eigenvalue weighted by Gasteiger charge is -2.39. The molecule has 2 unspecified atom stereocenters. The molecule has 1 amide bonds. The molecule has 2 atom stereocenters. The molecule has 4 heterocycles. The van der Waals surface area contributed by atoms with Crippen LogP contribution in [0, 0.1) is 11.7 Å². The Hall–Kier alpha value is -4.25. The maximum absolute atomic E-state index is 15.8. The average molecular weight is 648 g/mol. The van der Waals surface area contributed by atoms with Gasteiger partial charge in [-0.05, 0) is 88.4 Å². The Bertz CT molecular complexity index is 1720. The van der Waals surface area contributed by atoms with Crippen LogP contribution in [0.2, 0.25) is 0 Å². The molecule has 0 radical (unpaired) electrons. The molecule has 1 N–H and O–H groups in total. The summed E-state index contributed by atoms with van der Waals surface area (Å²) < 4.78 is 44.2. The van der Waals surface area contributed by atoms with Crippen molar-refractivity contribution in [2.24, 2.45) is 13.0 Å². The number of benzene rings is 2. The number of likely N-dealkylation sites (tertiary alicyclic amines) is 2. The van der Waals surface area contributed by atoms with Crippen molar-refractivity contribution in [1.29, 1.82) is 0 Å². The van der Waals surface area contributed by atoms with Crippen LogP contribution >= 0.6 is 0 Å². The maximum Gasteiger partial charge on any atom is 0.410 e. The number of nitrogens with zero attached hydrogens (tertiary/aromatic N) is 5. The molecule has 2 aromatic heterocycles. The Labute approximate surface area is 274 Å². The fourth-order valence-corrected chi connectivity index (χ4v) is 6.66. The first kappa shape index (κ1) is 32.7. The molecule has 2 saturated heterocycles. The standard InChI is InChI=1S/C36H43F2N5O4/c1-36(2,3)47-35(45)43-17-14-25(30(38)21-43)20-42-15-12-24(13-16-42)27-19-31-28(18-29(27)37)33(40-41(31)4)26-10-11-32(44)39-34(26)46-22-23-8-6-5-7-9-23/h5-11,18-19,24-25,30H,12-17,20-22H2,1-4H3,(H,39,44). The maximum atomic E-state index is 15.8. The second-order valence-electron chi connectivity index (χ2n) is 13.7. The van der Waals surface area contributed by atoms with E-state index >= 15 is 8.78 Å². The van der Waals surface area contributed by atoms with Crippen LogP contribution in [0.25, 0.3) is 22.2 Å². The lowest BCUT2D eigenvalue weighted by Crippen LogP contribution is -2.50. The van der Waals surface area contributed by atoms with Gasteiger partial charge in [0.25, 0.3) is 0 Å². The van der Waals surface area contributed by atoms with Crippen LogP contribution in [0.15, 0.2) is 54.6 Å². The average Bonchev–Trinajstić information content (AvgIpc) is 3.35. The number of aryl methyl sites for hydroxylation is 1. The summed E-state index contributed by atoms with van der Waals surface area (Å²) in [6, 6.07) is 16.2. The smallest absolute Gasteiger partial charge is 0.410 e. The van der Waals surface area contributed by atoms with Gasteiger partial charge < -0.3 is 24.4 Å². The van der Waals surface area contributed by atoms with E-state index in [4.69, 9.17) is 14.6 Å². The minimum absolute atomic E-state index is 0.0318. The van der Waals surface area contributed by atoms with Crippen LogP contribution < -0.4 is 4.74 Å². The summed E-state index contributed by atoms with van der Waals surface area (Å²) in [6.45, 7) is 8.33. The predicted octanol–water partition coefficient (Wildman–Crippen LogP) is 6.83. The third kappa shape index (κ3) is 7.51. The number of aromatic nitrogens is 3. The van der Waals surface area contributed by atoms with Crippen molar-refractivity contribution in [2.45, 2.75) is 64.3 Å². The second-order valence-corrected chi connectivity index (χ2v) is 13.7. The van der Waals surface area contributed by atoms with Crippen molar-refractivity contribution in [3.05, 3.63) is 71.5 Å². The molecule has 0 saturated carbocycles. The highest BCUT2D eigenvalue weighted by molar-refractivity contribution is 5.95. The number of amides is 1. The lowest BCUT2D eigenvalue weighted by atomic mass is 9.87. The van der Waals surface area contributed by atoms with Gasteiger partial charge in [-0.3, -0.25) is 4.68 Å². The number of halogens is 2. The zero-order valence-corrected chi connectivity index (χ0v) is 27.5. The molecular weight excluding hydrogens is 604 g/mol. The Morgan fingerprint density at radius 1 is 1.04 bits per heavy atom. The number of pyridine rings is 1. The van der Waals surface area contributed by atoms with Gasteiger partial charge in [-0.2, -0.15) is 10.1 Å². The first-order chi connectivity index (χ1) is 22.4. The summed E-state index contributed by atoms with van der Waals surface area (Å²) in [6.07, 6.45) is 0.543. The summed E-state index contributed by atoms with van der Waals surface area (Å²) in [4.78, 5) is 20.4. The molecule has 2 fully saturated rings. The van der Waals surface area contributed by atoms with Gasteiger partial charge in [-0.25, -0.2) is 13.6 Å². The minimum Gasteiger partial charge on any atom is -0.493 e. The van der Waals surface area contributed by atoms with Crippen LogP contribution in [-0.2, 0) is 18.4 Å². The van der Waals surface area contributed by atoms with E-state index in [-0.39, 0.29) is 42.6 Å². The molecule has 9 nitrogen and oxygen atoms in total. The molecule has 0 aliphatic carbocycles. The van der Waals surface area contributed by atoms with Crippen LogP contribution in [0.1, 0.15) is 57.1 Å². The number of aromatic hydroxyl groups is 1. The fourth-order valence-electron chi connectivity index (χ4n) is 6.66. The van der Waals surface area contributed by atoms with Crippen LogP contribution in [0.4, 0.5) is 13.6 Å². The molecule has 250 valence electrons. The van der Waals surface area contributed by atoms with Gasteiger partial charge in [0.15, 0.2) is 0 Å². The topological polar surface area (TPSA) is 93.0 Å². The van der Waals surface area contributed by atoms with E-state index < -0.39 is 17.9 Å². The van der Waals surface area contributed by atoms with Crippen LogP contribution in [-0.4, -0.2) is 80.3 Å². The second kappa shape index (κ2) is 13.5. The van der Waals surface area contributed by atoms with Gasteiger partial charge in [0, 0.05) is 37.5 Å². The quantitative estimate of drug-likeness (QED) is 0.235. The highest BCUT2D eigenvalue weighted by atomic mass is 19.1. The molecule has 0 bridgehead atoms. The van der Waals surface area contributed by atoms with Gasteiger partial charge in [0.1, 0.15) is 29.9 Å². The molecule has 4 aromatic rings. The number of alkyl halides is 1. The van der Waals surface area contributed by atoms with Crippen molar-refractivity contribution < 1.29 is 28.2 Å². The Morgan fingerprint density at radius 2 is 1.79 bits per heavy atom. The molecule has 2 aliphatic heterocycles. The molecule has 6 rings (SSSR count). The highest BCUT2D eigenvalue weighted by Crippen LogP contribution is 2.38. The number of carbonyl (C=O) groups is 1. The first-order valence-corrected chi connectivity index (χ1v) is 16.3. The van der Waals surface area contributed by atoms with E-state index in [2.05, 4.69) is 9.88 Å². The van der Waals surface area contributed by atoms with Crippen molar-refractivity contribution >= 4 is 17.0 Å². The number of hydrogen-bond donors (Lipinski definition) is 1. The Kier molecular flexibility index (Phi) is 9.36. The highest BCUT2D eigenvalue weighted by Gasteiger charge is 2.35. The van der Waals surface area contributed by atoms with Gasteiger partial charge in [-0.1, -0.05) is 30.3 Å². The van der Waals surface area contributed by atoms with E-state index in [1.807, 2.05) is 43.4 Å². The summed E-state index contributed by atoms with van der Waals surface area (Å²) in [5.74, 6) is -0.365. The van der Waals surface area contributed by atoms with Gasteiger partial charge in [0.05, 0.1) is 17.6 Å². The lowest BCUT2D eigenvalue weighted by molar-refractivity contribution is 0.000703. The van der Waals surface area contributed by atoms with Crippen molar-refractivity contribution in [2.75, 3.05) is 32.7 Å². The molecule has 2 aromatic carbocycles. The van der Waals surface area contributed by atoms with Gasteiger partial charge >= 0.3 is 6.09 Å². The van der Waals surface area contributed by atoms with E-state index in [1.54, 1.807) is 37.6 Å². The van der Waals surface area contributed by atoms with E-state index in [1.165, 1.54) is 11.0 Å². The monoisotopic (exact) mass is 647 g/mol. The summed E-state index contributed by atoms with van der Waals surface area (Å²) in [5, 5.41) is 15.5. The molecule has 47 heavy (non-hydrogen) atoms. The van der Waals surface area contributed by atoms with Crippen molar-refractivity contribution in [3.8, 4) is 23.0 Å². The molecular formula is C36H43F2N5O4. The van der Waals surface area contributed by atoms with Crippen LogP contribution in [0.3, 0.4) is 0 Å². The molecule has 11 heteroatoms. The number of fused-ring (bicyclic) bond motifs is 1. The number of piperidine rings is 2. The van der Waals surface area contributed by atoms with E-state index in [9.17, 15) is 9.90 Å². The minimum atomic E-state index is -1.11. The fraction of sp³-hybridized carbons (Fsp3) is 0.472. The zero-order valence-electron chi connectivity index (χ0n) is 27.5. The van der Waals surface area contributed by atoms with Gasteiger partial charge in [0.2, 0.25) is 11.8 Å². The summed E-state index contributed by atoms with van der Waals surface area (Å²) in [5.41, 5.74) is 2.87. The van der Waals surface area contributed by atoms with E-state index in [0.717, 1.165) is 37.0 Å². The molecule has 2 aliphatic rings. The SMILES string of the molecule is Cn1nc(-c2ccc(O)nc2OCc2ccccc2)c2cc(F)c(C3CCN(CC4CCN(C(=O)OC(C)(C)C)CC4F)CC3)cc21. The summed E-state index contributed by atoms with van der Waals surface area (Å²) in [7, 11) is 1.83. The van der Waals surface area contributed by atoms with Crippen molar-refractivity contribution in [3.63, 3.8) is 0 Å². The predicted molar refractivity (Wildman–Crippen MR) is 176 cm³/mol. The summed E-state index contributed by atoms with van der Waals surface area (Å²) >= 11 is 0. The third-order valence-electron chi connectivity index (χ3n) is 9.14. The largest absolute Gasteiger partial charge is 0.493 e. The molecule has 0 spiro atoms. The van der Waals surface area contributed by atoms with E-state index in [0.29, 0.717) is 41.7 Å². The number of carbonyl (C=O) groups excluding carboxylic acids is 1. The van der Waals surface area contributed by atoms with Crippen molar-refractivity contribution in [1.82, 2.24) is 24.6 Å². The number of hydrogen-bond acceptors (Lipinski definition) is 7. The Balaban J connectivity index is 1.12. The number of rotatable bonds is 7. The first-order valence-electron chi connectivity index (χ1n) is 16.3. The van der Waals surface area contributed by atoms with Gasteiger partial charge in [-0.15, -0.1) is 0 Å². The number of ether oxygens (including phenoxy) is 2.